The molecule has 3 nitrogen and oxygen atoms in total. The Balaban J connectivity index is 1.60. The van der Waals surface area contributed by atoms with Crippen molar-refractivity contribution in [3.05, 3.63) is 67.5 Å². The molecule has 0 saturated carbocycles. The summed E-state index contributed by atoms with van der Waals surface area (Å²) in [7, 11) is 0. The van der Waals surface area contributed by atoms with Crippen molar-refractivity contribution in [1.29, 1.82) is 0 Å². The zero-order chi connectivity index (χ0) is 16.2. The molecule has 1 amide bonds. The third-order valence-electron chi connectivity index (χ3n) is 3.40. The molecule has 0 aliphatic carbocycles. The van der Waals surface area contributed by atoms with Crippen LogP contribution in [0.25, 0.3) is 11.1 Å². The van der Waals surface area contributed by atoms with Gasteiger partial charge in [0.25, 0.3) is 5.91 Å². The lowest BCUT2D eigenvalue weighted by molar-refractivity contribution is 0.0920. The summed E-state index contributed by atoms with van der Waals surface area (Å²) in [6.45, 7) is 0.187. The van der Waals surface area contributed by atoms with Crippen LogP contribution in [-0.4, -0.2) is 17.6 Å². The molecule has 0 radical (unpaired) electrons. The van der Waals surface area contributed by atoms with E-state index in [4.69, 9.17) is 0 Å². The Labute approximate surface area is 150 Å². The number of benzene rings is 1. The van der Waals surface area contributed by atoms with Crippen LogP contribution in [0.2, 0.25) is 0 Å². The van der Waals surface area contributed by atoms with Crippen molar-refractivity contribution in [3.63, 3.8) is 0 Å². The fourth-order valence-corrected chi connectivity index (χ4v) is 4.16. The molecule has 118 valence electrons. The molecule has 23 heavy (non-hydrogen) atoms. The van der Waals surface area contributed by atoms with Crippen LogP contribution in [0.4, 0.5) is 0 Å². The monoisotopic (exact) mass is 407 g/mol. The number of aliphatic hydroxyl groups excluding tert-OH is 1. The summed E-state index contributed by atoms with van der Waals surface area (Å²) in [5.41, 5.74) is 3.08. The topological polar surface area (TPSA) is 49.3 Å². The summed E-state index contributed by atoms with van der Waals surface area (Å²) in [5, 5.41) is 19.0. The fraction of sp³-hybridized carbons (Fsp3) is 0.118. The zero-order valence-corrected chi connectivity index (χ0v) is 15.2. The van der Waals surface area contributed by atoms with Gasteiger partial charge in [-0.25, -0.2) is 0 Å². The molecule has 0 spiro atoms. The first-order valence-electron chi connectivity index (χ1n) is 6.96. The van der Waals surface area contributed by atoms with Crippen LogP contribution in [0, 0.1) is 0 Å². The summed E-state index contributed by atoms with van der Waals surface area (Å²) < 4.78 is 0.886. The summed E-state index contributed by atoms with van der Waals surface area (Å²) >= 11 is 6.34. The molecule has 1 unspecified atom stereocenters. The van der Waals surface area contributed by atoms with E-state index < -0.39 is 6.10 Å². The van der Waals surface area contributed by atoms with E-state index in [2.05, 4.69) is 32.7 Å². The van der Waals surface area contributed by atoms with Crippen LogP contribution in [0.15, 0.2) is 57.0 Å². The lowest BCUT2D eigenvalue weighted by atomic mass is 10.0. The van der Waals surface area contributed by atoms with Gasteiger partial charge in [-0.15, -0.1) is 11.3 Å². The number of carbonyl (C=O) groups excluding carboxylic acids is 1. The average molecular weight is 408 g/mol. The van der Waals surface area contributed by atoms with Crippen LogP contribution < -0.4 is 5.32 Å². The van der Waals surface area contributed by atoms with Gasteiger partial charge in [0.05, 0.1) is 11.0 Å². The summed E-state index contributed by atoms with van der Waals surface area (Å²) in [4.78, 5) is 12.6. The van der Waals surface area contributed by atoms with Crippen molar-refractivity contribution in [2.24, 2.45) is 0 Å². The minimum atomic E-state index is -0.723. The highest BCUT2D eigenvalue weighted by molar-refractivity contribution is 9.10. The van der Waals surface area contributed by atoms with Crippen molar-refractivity contribution in [3.8, 4) is 11.1 Å². The molecule has 1 aromatic carbocycles. The normalized spacial score (nSPS) is 12.1. The molecule has 0 aliphatic rings. The Morgan fingerprint density at radius 1 is 1.17 bits per heavy atom. The van der Waals surface area contributed by atoms with E-state index in [0.29, 0.717) is 4.88 Å². The summed E-state index contributed by atoms with van der Waals surface area (Å²) in [6, 6.07) is 11.6. The lowest BCUT2D eigenvalue weighted by Crippen LogP contribution is -2.27. The molecule has 2 N–H and O–H groups in total. The minimum Gasteiger partial charge on any atom is -0.387 e. The Kier molecular flexibility index (Phi) is 5.27. The van der Waals surface area contributed by atoms with Gasteiger partial charge in [0, 0.05) is 16.4 Å². The molecule has 2 aromatic heterocycles. The Bertz CT molecular complexity index is 781. The van der Waals surface area contributed by atoms with E-state index in [0.717, 1.165) is 15.6 Å². The number of amides is 1. The molecular weight excluding hydrogens is 394 g/mol. The minimum absolute atomic E-state index is 0.172. The Morgan fingerprint density at radius 3 is 2.57 bits per heavy atom. The van der Waals surface area contributed by atoms with E-state index in [1.807, 2.05) is 35.0 Å². The van der Waals surface area contributed by atoms with E-state index >= 15 is 0 Å². The van der Waals surface area contributed by atoms with Crippen molar-refractivity contribution >= 4 is 44.5 Å². The standard InChI is InChI=1S/C17H14BrNO2S2/c18-14-7-16(23-10-14)17(21)19-8-15(20)12-3-1-11(2-4-12)13-5-6-22-9-13/h1-7,9-10,15,20H,8H2,(H,19,21). The number of carbonyl (C=O) groups is 1. The van der Waals surface area contributed by atoms with E-state index in [-0.39, 0.29) is 12.5 Å². The number of thiophene rings is 2. The first kappa shape index (κ1) is 16.4. The maximum atomic E-state index is 12.0. The van der Waals surface area contributed by atoms with Gasteiger partial charge in [-0.1, -0.05) is 24.3 Å². The van der Waals surface area contributed by atoms with Gasteiger partial charge in [0.2, 0.25) is 0 Å². The highest BCUT2D eigenvalue weighted by atomic mass is 79.9. The second kappa shape index (κ2) is 7.40. The third-order valence-corrected chi connectivity index (χ3v) is 5.77. The van der Waals surface area contributed by atoms with Gasteiger partial charge in [-0.2, -0.15) is 11.3 Å². The van der Waals surface area contributed by atoms with Crippen LogP contribution in [0.5, 0.6) is 0 Å². The second-order valence-corrected chi connectivity index (χ2v) is 7.60. The first-order valence-corrected chi connectivity index (χ1v) is 9.58. The maximum Gasteiger partial charge on any atom is 0.261 e. The molecule has 0 bridgehead atoms. The Morgan fingerprint density at radius 2 is 1.96 bits per heavy atom. The maximum absolute atomic E-state index is 12.0. The number of nitrogens with one attached hydrogen (secondary N) is 1. The SMILES string of the molecule is O=C(NCC(O)c1ccc(-c2ccsc2)cc1)c1cc(Br)cs1. The molecule has 0 aliphatic heterocycles. The molecule has 0 saturated heterocycles. The van der Waals surface area contributed by atoms with Crippen LogP contribution >= 0.6 is 38.6 Å². The zero-order valence-electron chi connectivity index (χ0n) is 12.0. The van der Waals surface area contributed by atoms with Crippen molar-refractivity contribution in [2.75, 3.05) is 6.54 Å². The van der Waals surface area contributed by atoms with Crippen LogP contribution in [0.3, 0.4) is 0 Å². The Hall–Kier alpha value is -1.47. The van der Waals surface area contributed by atoms with Crippen LogP contribution in [0.1, 0.15) is 21.3 Å². The number of rotatable bonds is 5. The highest BCUT2D eigenvalue weighted by Gasteiger charge is 2.12. The summed E-state index contributed by atoms with van der Waals surface area (Å²) in [6.07, 6.45) is -0.723. The third kappa shape index (κ3) is 4.09. The molecule has 1 atom stereocenters. The largest absolute Gasteiger partial charge is 0.387 e. The average Bonchev–Trinajstić information content (AvgIpc) is 3.24. The molecule has 6 heteroatoms. The van der Waals surface area contributed by atoms with Gasteiger partial charge in [0.15, 0.2) is 0 Å². The van der Waals surface area contributed by atoms with Gasteiger partial charge in [-0.05, 0) is 55.5 Å². The van der Waals surface area contributed by atoms with Crippen molar-refractivity contribution in [1.82, 2.24) is 5.32 Å². The van der Waals surface area contributed by atoms with Crippen molar-refractivity contribution in [2.45, 2.75) is 6.10 Å². The van der Waals surface area contributed by atoms with E-state index in [1.165, 1.54) is 16.9 Å². The van der Waals surface area contributed by atoms with Gasteiger partial charge >= 0.3 is 0 Å². The van der Waals surface area contributed by atoms with Gasteiger partial charge < -0.3 is 10.4 Å². The molecule has 2 heterocycles. The van der Waals surface area contributed by atoms with Crippen molar-refractivity contribution < 1.29 is 9.90 Å². The number of hydrogen-bond donors (Lipinski definition) is 2. The molecule has 3 aromatic rings. The quantitative estimate of drug-likeness (QED) is 0.643. The second-order valence-electron chi connectivity index (χ2n) is 4.99. The number of aliphatic hydroxyl groups is 1. The highest BCUT2D eigenvalue weighted by Crippen LogP contribution is 2.24. The summed E-state index contributed by atoms with van der Waals surface area (Å²) in [5.74, 6) is -0.172. The molecule has 3 rings (SSSR count). The predicted molar refractivity (Wildman–Crippen MR) is 99.1 cm³/mol. The number of hydrogen-bond acceptors (Lipinski definition) is 4. The van der Waals surface area contributed by atoms with E-state index in [1.54, 1.807) is 17.4 Å². The molecule has 0 fully saturated rings. The first-order chi connectivity index (χ1) is 11.1. The fourth-order valence-electron chi connectivity index (χ4n) is 2.15. The van der Waals surface area contributed by atoms with Gasteiger partial charge in [-0.3, -0.25) is 4.79 Å². The van der Waals surface area contributed by atoms with Gasteiger partial charge in [0.1, 0.15) is 0 Å². The number of halogens is 1. The smallest absolute Gasteiger partial charge is 0.261 e. The predicted octanol–water partition coefficient (Wildman–Crippen LogP) is 4.70. The molecular formula is C17H14BrNO2S2. The van der Waals surface area contributed by atoms with Crippen LogP contribution in [-0.2, 0) is 0 Å². The van der Waals surface area contributed by atoms with E-state index in [9.17, 15) is 9.90 Å². The lowest BCUT2D eigenvalue weighted by Gasteiger charge is -2.12.